The number of thioether (sulfide) groups is 1. The van der Waals surface area contributed by atoms with Crippen molar-refractivity contribution in [3.8, 4) is 0 Å². The van der Waals surface area contributed by atoms with Gasteiger partial charge in [-0.3, -0.25) is 4.68 Å². The van der Waals surface area contributed by atoms with Crippen LogP contribution in [0.3, 0.4) is 0 Å². The normalized spacial score (nSPS) is 10.9. The van der Waals surface area contributed by atoms with Gasteiger partial charge in [0.25, 0.3) is 0 Å². The number of benzene rings is 1. The fraction of sp³-hybridized carbons (Fsp3) is 0.438. The first-order valence-electron chi connectivity index (χ1n) is 7.25. The number of nitrogens with zero attached hydrogens (tertiary/aromatic N) is 2. The van der Waals surface area contributed by atoms with Gasteiger partial charge in [0.15, 0.2) is 0 Å². The van der Waals surface area contributed by atoms with Crippen LogP contribution in [-0.2, 0) is 25.9 Å². The lowest BCUT2D eigenvalue weighted by molar-refractivity contribution is 0.622. The van der Waals surface area contributed by atoms with Gasteiger partial charge in [0.05, 0.1) is 12.2 Å². The molecule has 0 amide bonds. The Bertz CT molecular complexity index is 534. The molecule has 0 atom stereocenters. The summed E-state index contributed by atoms with van der Waals surface area (Å²) in [6.45, 7) is 5.86. The van der Waals surface area contributed by atoms with Crippen molar-refractivity contribution in [1.82, 2.24) is 9.78 Å². The quantitative estimate of drug-likeness (QED) is 0.796. The molecule has 1 aromatic carbocycles. The van der Waals surface area contributed by atoms with E-state index in [2.05, 4.69) is 42.8 Å². The predicted octanol–water partition coefficient (Wildman–Crippen LogP) is 3.26. The summed E-state index contributed by atoms with van der Waals surface area (Å²) in [6, 6.07) is 10.5. The molecule has 0 fully saturated rings. The van der Waals surface area contributed by atoms with Gasteiger partial charge in [0.1, 0.15) is 0 Å². The van der Waals surface area contributed by atoms with Crippen LogP contribution in [0.2, 0.25) is 0 Å². The lowest BCUT2D eigenvalue weighted by Gasteiger charge is -2.07. The molecule has 1 aromatic heterocycles. The third-order valence-electron chi connectivity index (χ3n) is 3.44. The molecule has 0 aliphatic rings. The molecule has 0 saturated heterocycles. The van der Waals surface area contributed by atoms with Gasteiger partial charge in [-0.15, -0.1) is 11.8 Å². The minimum absolute atomic E-state index is 0.595. The second-order valence-electron chi connectivity index (χ2n) is 4.67. The third-order valence-corrected chi connectivity index (χ3v) is 4.43. The molecule has 3 nitrogen and oxygen atoms in total. The first kappa shape index (κ1) is 15.1. The number of aryl methyl sites for hydroxylation is 2. The summed E-state index contributed by atoms with van der Waals surface area (Å²) < 4.78 is 2.15. The van der Waals surface area contributed by atoms with Crippen LogP contribution in [0.4, 0.5) is 0 Å². The average molecular weight is 289 g/mol. The molecule has 2 N–H and O–H groups in total. The molecule has 0 aliphatic carbocycles. The summed E-state index contributed by atoms with van der Waals surface area (Å²) in [7, 11) is 0. The van der Waals surface area contributed by atoms with E-state index in [-0.39, 0.29) is 0 Å². The van der Waals surface area contributed by atoms with Gasteiger partial charge < -0.3 is 5.73 Å². The molecule has 2 aromatic rings. The number of aromatic nitrogens is 2. The van der Waals surface area contributed by atoms with E-state index in [4.69, 9.17) is 10.8 Å². The van der Waals surface area contributed by atoms with Crippen molar-refractivity contribution in [2.75, 3.05) is 5.75 Å². The highest BCUT2D eigenvalue weighted by molar-refractivity contribution is 7.99. The summed E-state index contributed by atoms with van der Waals surface area (Å²) in [5.41, 5.74) is 9.59. The highest BCUT2D eigenvalue weighted by Crippen LogP contribution is 2.20. The van der Waals surface area contributed by atoms with Gasteiger partial charge in [-0.1, -0.05) is 32.0 Å². The maximum absolute atomic E-state index is 5.88. The van der Waals surface area contributed by atoms with E-state index in [1.54, 1.807) is 0 Å². The van der Waals surface area contributed by atoms with Gasteiger partial charge in [-0.05, 0) is 25.0 Å². The number of nitrogens with two attached hydrogens (primary N) is 1. The van der Waals surface area contributed by atoms with Crippen molar-refractivity contribution in [3.63, 3.8) is 0 Å². The van der Waals surface area contributed by atoms with Crippen LogP contribution in [0.15, 0.2) is 35.2 Å². The van der Waals surface area contributed by atoms with Crippen molar-refractivity contribution in [2.45, 2.75) is 44.7 Å². The van der Waals surface area contributed by atoms with Crippen LogP contribution in [-0.4, -0.2) is 15.5 Å². The van der Waals surface area contributed by atoms with Crippen LogP contribution in [0.25, 0.3) is 0 Å². The molecule has 1 heterocycles. The Hall–Kier alpha value is -1.26. The van der Waals surface area contributed by atoms with Crippen molar-refractivity contribution >= 4 is 11.8 Å². The van der Waals surface area contributed by atoms with E-state index in [1.807, 2.05) is 17.8 Å². The SMILES string of the molecule is CCc1nn(CCSc2ccccc2)c(CC)c1CN. The Morgan fingerprint density at radius 1 is 1.15 bits per heavy atom. The number of rotatable bonds is 7. The zero-order chi connectivity index (χ0) is 14.4. The van der Waals surface area contributed by atoms with Gasteiger partial charge in [0.2, 0.25) is 0 Å². The number of hydrogen-bond acceptors (Lipinski definition) is 3. The first-order valence-corrected chi connectivity index (χ1v) is 8.24. The van der Waals surface area contributed by atoms with Crippen molar-refractivity contribution in [2.24, 2.45) is 5.73 Å². The molecule has 4 heteroatoms. The molecule has 0 saturated carbocycles. The Morgan fingerprint density at radius 2 is 1.90 bits per heavy atom. The molecule has 0 aliphatic heterocycles. The van der Waals surface area contributed by atoms with Crippen LogP contribution in [0, 0.1) is 0 Å². The maximum Gasteiger partial charge on any atom is 0.0669 e. The predicted molar refractivity (Wildman–Crippen MR) is 86.0 cm³/mol. The smallest absolute Gasteiger partial charge is 0.0669 e. The standard InChI is InChI=1S/C16H23N3S/c1-3-15-14(12-17)16(4-2)19(18-15)10-11-20-13-8-6-5-7-9-13/h5-9H,3-4,10-12,17H2,1-2H3. The monoisotopic (exact) mass is 289 g/mol. The minimum Gasteiger partial charge on any atom is -0.326 e. The summed E-state index contributed by atoms with van der Waals surface area (Å²) in [6.07, 6.45) is 1.95. The minimum atomic E-state index is 0.595. The van der Waals surface area contributed by atoms with Gasteiger partial charge >= 0.3 is 0 Å². The van der Waals surface area contributed by atoms with Gasteiger partial charge in [0, 0.05) is 28.5 Å². The first-order chi connectivity index (χ1) is 9.80. The van der Waals surface area contributed by atoms with Gasteiger partial charge in [-0.25, -0.2) is 0 Å². The molecule has 0 bridgehead atoms. The summed E-state index contributed by atoms with van der Waals surface area (Å²) in [5.74, 6) is 1.03. The Labute approximate surface area is 125 Å². The molecular weight excluding hydrogens is 266 g/mol. The van der Waals surface area contributed by atoms with Crippen LogP contribution < -0.4 is 5.73 Å². The van der Waals surface area contributed by atoms with E-state index >= 15 is 0 Å². The van der Waals surface area contributed by atoms with E-state index in [1.165, 1.54) is 16.2 Å². The Morgan fingerprint density at radius 3 is 2.50 bits per heavy atom. The van der Waals surface area contributed by atoms with Crippen LogP contribution >= 0.6 is 11.8 Å². The summed E-state index contributed by atoms with van der Waals surface area (Å²) in [4.78, 5) is 1.31. The molecular formula is C16H23N3S. The second-order valence-corrected chi connectivity index (χ2v) is 5.84. The van der Waals surface area contributed by atoms with Crippen molar-refractivity contribution in [1.29, 1.82) is 0 Å². The molecule has 0 unspecified atom stereocenters. The van der Waals surface area contributed by atoms with E-state index in [9.17, 15) is 0 Å². The zero-order valence-electron chi connectivity index (χ0n) is 12.3. The third kappa shape index (κ3) is 3.44. The lowest BCUT2D eigenvalue weighted by atomic mass is 10.1. The van der Waals surface area contributed by atoms with Crippen molar-refractivity contribution < 1.29 is 0 Å². The number of hydrogen-bond donors (Lipinski definition) is 1. The summed E-state index contributed by atoms with van der Waals surface area (Å²) >= 11 is 1.87. The molecule has 0 spiro atoms. The fourth-order valence-corrected chi connectivity index (χ4v) is 3.31. The lowest BCUT2D eigenvalue weighted by Crippen LogP contribution is -2.08. The molecule has 108 valence electrons. The maximum atomic E-state index is 5.88. The second kappa shape index (κ2) is 7.50. The Balaban J connectivity index is 2.04. The van der Waals surface area contributed by atoms with E-state index in [0.717, 1.165) is 30.8 Å². The highest BCUT2D eigenvalue weighted by Gasteiger charge is 2.13. The summed E-state index contributed by atoms with van der Waals surface area (Å²) in [5, 5.41) is 4.72. The van der Waals surface area contributed by atoms with E-state index < -0.39 is 0 Å². The van der Waals surface area contributed by atoms with Crippen LogP contribution in [0.1, 0.15) is 30.8 Å². The zero-order valence-corrected chi connectivity index (χ0v) is 13.1. The van der Waals surface area contributed by atoms with Gasteiger partial charge in [-0.2, -0.15) is 5.10 Å². The van der Waals surface area contributed by atoms with Crippen LogP contribution in [0.5, 0.6) is 0 Å². The largest absolute Gasteiger partial charge is 0.326 e. The highest BCUT2D eigenvalue weighted by atomic mass is 32.2. The molecule has 0 radical (unpaired) electrons. The molecule has 20 heavy (non-hydrogen) atoms. The Kier molecular flexibility index (Phi) is 5.68. The van der Waals surface area contributed by atoms with Crippen molar-refractivity contribution in [3.05, 3.63) is 47.3 Å². The van der Waals surface area contributed by atoms with E-state index in [0.29, 0.717) is 6.54 Å². The topological polar surface area (TPSA) is 43.8 Å². The molecule has 2 rings (SSSR count). The fourth-order valence-electron chi connectivity index (χ4n) is 2.46. The average Bonchev–Trinajstić information content (AvgIpc) is 2.85.